The van der Waals surface area contributed by atoms with Crippen molar-refractivity contribution < 1.29 is 8.42 Å². The number of hydrogen-bond donors (Lipinski definition) is 1. The van der Waals surface area contributed by atoms with Gasteiger partial charge < -0.3 is 5.32 Å². The predicted molar refractivity (Wildman–Crippen MR) is 86.5 cm³/mol. The molecule has 0 amide bonds. The van der Waals surface area contributed by atoms with E-state index in [0.717, 1.165) is 37.8 Å². The maximum atomic E-state index is 12.5. The molecule has 1 saturated carbocycles. The highest BCUT2D eigenvalue weighted by atomic mass is 32.2. The minimum absolute atomic E-state index is 0.0971. The Morgan fingerprint density at radius 1 is 1.10 bits per heavy atom. The molecule has 0 radical (unpaired) electrons. The van der Waals surface area contributed by atoms with Gasteiger partial charge in [-0.2, -0.15) is 0 Å². The Hall–Kier alpha value is -0.910. The molecule has 0 aliphatic heterocycles. The van der Waals surface area contributed by atoms with Gasteiger partial charge in [-0.15, -0.1) is 0 Å². The van der Waals surface area contributed by atoms with Crippen LogP contribution in [-0.2, 0) is 22.3 Å². The molecule has 0 unspecified atom stereocenters. The molecule has 0 saturated heterocycles. The Kier molecular flexibility index (Phi) is 5.79. The van der Waals surface area contributed by atoms with Crippen molar-refractivity contribution in [3.8, 4) is 0 Å². The zero-order valence-electron chi connectivity index (χ0n) is 13.0. The average molecular weight is 310 g/mol. The second-order valence-corrected chi connectivity index (χ2v) is 7.94. The third-order valence-electron chi connectivity index (χ3n) is 4.28. The fraction of sp³-hybridized carbons (Fsp3) is 0.625. The Morgan fingerprint density at radius 3 is 2.24 bits per heavy atom. The summed E-state index contributed by atoms with van der Waals surface area (Å²) in [6.07, 6.45) is 5.51. The van der Waals surface area contributed by atoms with Crippen molar-refractivity contribution in [3.05, 3.63) is 35.4 Å². The third-order valence-corrected chi connectivity index (χ3v) is 6.15. The highest BCUT2D eigenvalue weighted by Gasteiger charge is 2.27. The Morgan fingerprint density at radius 2 is 1.67 bits per heavy atom. The van der Waals surface area contributed by atoms with Crippen molar-refractivity contribution in [1.29, 1.82) is 0 Å². The van der Waals surface area contributed by atoms with Crippen molar-refractivity contribution in [2.24, 2.45) is 0 Å². The van der Waals surface area contributed by atoms with Crippen LogP contribution >= 0.6 is 0 Å². The van der Waals surface area contributed by atoms with E-state index in [2.05, 4.69) is 5.32 Å². The largest absolute Gasteiger partial charge is 0.316 e. The summed E-state index contributed by atoms with van der Waals surface area (Å²) in [6.45, 7) is 0.801. The summed E-state index contributed by atoms with van der Waals surface area (Å²) in [6, 6.07) is 7.99. The van der Waals surface area contributed by atoms with Crippen LogP contribution in [0, 0.1) is 0 Å². The molecule has 1 fully saturated rings. The average Bonchev–Trinajstić information content (AvgIpc) is 2.49. The molecule has 5 heteroatoms. The van der Waals surface area contributed by atoms with Gasteiger partial charge in [-0.3, -0.25) is 0 Å². The molecule has 1 aromatic carbocycles. The molecule has 0 spiro atoms. The zero-order valence-corrected chi connectivity index (χ0v) is 13.8. The van der Waals surface area contributed by atoms with Gasteiger partial charge in [-0.25, -0.2) is 12.7 Å². The van der Waals surface area contributed by atoms with E-state index in [4.69, 9.17) is 0 Å². The highest BCUT2D eigenvalue weighted by Crippen LogP contribution is 2.24. The summed E-state index contributed by atoms with van der Waals surface area (Å²) in [5.74, 6) is 0.0971. The number of nitrogens with one attached hydrogen (secondary N) is 1. The van der Waals surface area contributed by atoms with Crippen LogP contribution < -0.4 is 5.32 Å². The van der Waals surface area contributed by atoms with Gasteiger partial charge >= 0.3 is 0 Å². The van der Waals surface area contributed by atoms with E-state index in [0.29, 0.717) is 0 Å². The first-order valence-electron chi connectivity index (χ1n) is 7.71. The topological polar surface area (TPSA) is 49.4 Å². The van der Waals surface area contributed by atoms with E-state index in [1.54, 1.807) is 11.4 Å². The maximum absolute atomic E-state index is 12.5. The van der Waals surface area contributed by atoms with Crippen LogP contribution in [-0.4, -0.2) is 32.9 Å². The van der Waals surface area contributed by atoms with Crippen LogP contribution in [0.5, 0.6) is 0 Å². The Balaban J connectivity index is 2.02. The second kappa shape index (κ2) is 7.38. The van der Waals surface area contributed by atoms with Gasteiger partial charge in [0.25, 0.3) is 0 Å². The van der Waals surface area contributed by atoms with E-state index in [1.165, 1.54) is 12.0 Å². The second-order valence-electron chi connectivity index (χ2n) is 5.91. The van der Waals surface area contributed by atoms with Crippen LogP contribution in [0.4, 0.5) is 0 Å². The lowest BCUT2D eigenvalue weighted by Crippen LogP contribution is -2.38. The molecular weight excluding hydrogens is 284 g/mol. The molecule has 1 N–H and O–H groups in total. The highest BCUT2D eigenvalue weighted by molar-refractivity contribution is 7.88. The van der Waals surface area contributed by atoms with Gasteiger partial charge in [0.2, 0.25) is 10.0 Å². The lowest BCUT2D eigenvalue weighted by Gasteiger charge is -2.30. The minimum Gasteiger partial charge on any atom is -0.316 e. The quantitative estimate of drug-likeness (QED) is 0.878. The van der Waals surface area contributed by atoms with Crippen LogP contribution in [0.1, 0.15) is 43.2 Å². The van der Waals surface area contributed by atoms with Crippen LogP contribution in [0.3, 0.4) is 0 Å². The standard InChI is InChI=1S/C16H26N2O2S/c1-17-12-14-8-10-15(11-9-14)13-21(19,20)18(2)16-6-4-3-5-7-16/h8-11,16-17H,3-7,12-13H2,1-2H3. The zero-order chi connectivity index (χ0) is 15.3. The van der Waals surface area contributed by atoms with Gasteiger partial charge in [0.15, 0.2) is 0 Å². The van der Waals surface area contributed by atoms with E-state index in [1.807, 2.05) is 31.3 Å². The number of rotatable bonds is 6. The fourth-order valence-electron chi connectivity index (χ4n) is 2.94. The number of benzene rings is 1. The summed E-state index contributed by atoms with van der Waals surface area (Å²) in [4.78, 5) is 0. The van der Waals surface area contributed by atoms with Gasteiger partial charge in [0.1, 0.15) is 0 Å². The fourth-order valence-corrected chi connectivity index (χ4v) is 4.42. The van der Waals surface area contributed by atoms with Crippen molar-refractivity contribution in [2.75, 3.05) is 14.1 Å². The van der Waals surface area contributed by atoms with Crippen molar-refractivity contribution in [3.63, 3.8) is 0 Å². The van der Waals surface area contributed by atoms with Crippen molar-refractivity contribution in [2.45, 2.75) is 50.4 Å². The Bertz CT molecular complexity index is 534. The molecule has 2 rings (SSSR count). The van der Waals surface area contributed by atoms with E-state index >= 15 is 0 Å². The minimum atomic E-state index is -3.22. The first-order chi connectivity index (χ1) is 10.0. The predicted octanol–water partition coefficient (Wildman–Crippen LogP) is 2.50. The van der Waals surface area contributed by atoms with Gasteiger partial charge in [-0.1, -0.05) is 43.5 Å². The van der Waals surface area contributed by atoms with E-state index in [9.17, 15) is 8.42 Å². The first-order valence-corrected chi connectivity index (χ1v) is 9.32. The monoisotopic (exact) mass is 310 g/mol. The number of hydrogen-bond acceptors (Lipinski definition) is 3. The Labute approximate surface area is 128 Å². The van der Waals surface area contributed by atoms with E-state index < -0.39 is 10.0 Å². The molecular formula is C16H26N2O2S. The SMILES string of the molecule is CNCc1ccc(CS(=O)(=O)N(C)C2CCCCC2)cc1. The molecule has 0 aromatic heterocycles. The lowest BCUT2D eigenvalue weighted by molar-refractivity contribution is 0.285. The molecule has 4 nitrogen and oxygen atoms in total. The number of sulfonamides is 1. The van der Waals surface area contributed by atoms with E-state index in [-0.39, 0.29) is 11.8 Å². The maximum Gasteiger partial charge on any atom is 0.218 e. The molecule has 0 atom stereocenters. The van der Waals surface area contributed by atoms with Gasteiger partial charge in [0.05, 0.1) is 5.75 Å². The molecule has 21 heavy (non-hydrogen) atoms. The summed E-state index contributed by atoms with van der Waals surface area (Å²) >= 11 is 0. The first kappa shape index (κ1) is 16.5. The molecule has 1 aliphatic rings. The number of nitrogens with zero attached hydrogens (tertiary/aromatic N) is 1. The molecule has 0 bridgehead atoms. The molecule has 0 heterocycles. The smallest absolute Gasteiger partial charge is 0.218 e. The summed E-state index contributed by atoms with van der Waals surface area (Å²) < 4.78 is 26.7. The summed E-state index contributed by atoms with van der Waals surface area (Å²) in [5, 5.41) is 3.09. The van der Waals surface area contributed by atoms with Crippen LogP contribution in [0.2, 0.25) is 0 Å². The molecule has 1 aliphatic carbocycles. The summed E-state index contributed by atoms with van der Waals surface area (Å²) in [7, 11) is 0.417. The van der Waals surface area contributed by atoms with Crippen molar-refractivity contribution >= 4 is 10.0 Å². The molecule has 1 aromatic rings. The summed E-state index contributed by atoms with van der Waals surface area (Å²) in [5.41, 5.74) is 2.02. The van der Waals surface area contributed by atoms with Crippen molar-refractivity contribution in [1.82, 2.24) is 9.62 Å². The third kappa shape index (κ3) is 4.53. The van der Waals surface area contributed by atoms with Crippen LogP contribution in [0.25, 0.3) is 0 Å². The van der Waals surface area contributed by atoms with Gasteiger partial charge in [-0.05, 0) is 31.0 Å². The lowest BCUT2D eigenvalue weighted by atomic mass is 9.96. The normalized spacial score (nSPS) is 17.3. The van der Waals surface area contributed by atoms with Crippen LogP contribution in [0.15, 0.2) is 24.3 Å². The van der Waals surface area contributed by atoms with Gasteiger partial charge in [0, 0.05) is 19.6 Å². The molecule has 118 valence electrons.